The maximum absolute atomic E-state index is 8.38. The van der Waals surface area contributed by atoms with Gasteiger partial charge in [-0.15, -0.1) is 0 Å². The summed E-state index contributed by atoms with van der Waals surface area (Å²) in [6.07, 6.45) is 1.80. The molecule has 0 heterocycles. The molecule has 0 atom stereocenters. The maximum atomic E-state index is 8.38. The number of amidine groups is 1. The summed E-state index contributed by atoms with van der Waals surface area (Å²) in [5.74, 6) is 0.806. The summed E-state index contributed by atoms with van der Waals surface area (Å²) in [4.78, 5) is 5.61. The topological polar surface area (TPSA) is 39.4 Å². The van der Waals surface area contributed by atoms with Crippen molar-refractivity contribution >= 4 is 5.84 Å². The van der Waals surface area contributed by atoms with Crippen molar-refractivity contribution in [2.24, 2.45) is 10.4 Å². The Morgan fingerprint density at radius 3 is 1.91 bits per heavy atom. The van der Waals surface area contributed by atoms with Crippen molar-refractivity contribution in [3.05, 3.63) is 0 Å². The first kappa shape index (κ1) is 9.96. The van der Waals surface area contributed by atoms with Crippen LogP contribution in [0.1, 0.15) is 20.8 Å². The Morgan fingerprint density at radius 1 is 1.36 bits per heavy atom. The van der Waals surface area contributed by atoms with Crippen LogP contribution in [-0.2, 0) is 0 Å². The van der Waals surface area contributed by atoms with Gasteiger partial charge in [-0.3, -0.25) is 0 Å². The highest BCUT2D eigenvalue weighted by Crippen LogP contribution is 2.16. The molecule has 0 bridgehead atoms. The van der Waals surface area contributed by atoms with Crippen LogP contribution >= 0.6 is 0 Å². The van der Waals surface area contributed by atoms with Crippen molar-refractivity contribution in [2.45, 2.75) is 20.8 Å². The Balaban J connectivity index is 4.67. The van der Waals surface area contributed by atoms with E-state index in [1.54, 1.807) is 6.19 Å². The Hall–Kier alpha value is -1.04. The monoisotopic (exact) mass is 153 g/mol. The molecule has 0 fully saturated rings. The molecule has 0 aliphatic rings. The standard InChI is InChI=1S/C8H15N3/c1-8(2,3)7(10-6-9)11(4)5/h1-5H3/b10-7-. The van der Waals surface area contributed by atoms with Gasteiger partial charge in [0.25, 0.3) is 0 Å². The third-order valence-corrected chi connectivity index (χ3v) is 1.25. The zero-order valence-corrected chi connectivity index (χ0v) is 7.84. The van der Waals surface area contributed by atoms with Crippen LogP contribution in [0.4, 0.5) is 0 Å². The summed E-state index contributed by atoms with van der Waals surface area (Å²) >= 11 is 0. The molecule has 0 aromatic rings. The lowest BCUT2D eigenvalue weighted by atomic mass is 9.94. The van der Waals surface area contributed by atoms with Crippen LogP contribution in [-0.4, -0.2) is 24.8 Å². The Labute approximate surface area is 68.3 Å². The van der Waals surface area contributed by atoms with Gasteiger partial charge in [0.2, 0.25) is 6.19 Å². The fourth-order valence-electron chi connectivity index (χ4n) is 0.986. The van der Waals surface area contributed by atoms with E-state index < -0.39 is 0 Å². The molecule has 62 valence electrons. The minimum absolute atomic E-state index is 0.0563. The first-order chi connectivity index (χ1) is 4.89. The third-order valence-electron chi connectivity index (χ3n) is 1.25. The van der Waals surface area contributed by atoms with Crippen LogP contribution in [0.5, 0.6) is 0 Å². The van der Waals surface area contributed by atoms with Crippen LogP contribution in [0.3, 0.4) is 0 Å². The van der Waals surface area contributed by atoms with Gasteiger partial charge in [-0.1, -0.05) is 20.8 Å². The second-order valence-corrected chi connectivity index (χ2v) is 3.68. The Kier molecular flexibility index (Phi) is 3.06. The fraction of sp³-hybridized carbons (Fsp3) is 0.750. The summed E-state index contributed by atoms with van der Waals surface area (Å²) < 4.78 is 0. The van der Waals surface area contributed by atoms with Crippen molar-refractivity contribution < 1.29 is 0 Å². The van der Waals surface area contributed by atoms with Gasteiger partial charge in [-0.2, -0.15) is 10.3 Å². The van der Waals surface area contributed by atoms with Gasteiger partial charge in [0, 0.05) is 19.5 Å². The van der Waals surface area contributed by atoms with Crippen LogP contribution in [0.15, 0.2) is 4.99 Å². The minimum Gasteiger partial charge on any atom is -0.365 e. The van der Waals surface area contributed by atoms with Crippen LogP contribution in [0.25, 0.3) is 0 Å². The van der Waals surface area contributed by atoms with Gasteiger partial charge in [-0.25, -0.2) is 0 Å². The summed E-state index contributed by atoms with van der Waals surface area (Å²) in [7, 11) is 3.78. The first-order valence-corrected chi connectivity index (χ1v) is 3.54. The second-order valence-electron chi connectivity index (χ2n) is 3.68. The highest BCUT2D eigenvalue weighted by Gasteiger charge is 2.20. The lowest BCUT2D eigenvalue weighted by Gasteiger charge is -2.26. The van der Waals surface area contributed by atoms with E-state index in [9.17, 15) is 0 Å². The van der Waals surface area contributed by atoms with Gasteiger partial charge in [0.15, 0.2) is 0 Å². The number of rotatable bonds is 0. The third kappa shape index (κ3) is 3.03. The molecule has 0 saturated carbocycles. The number of hydrogen-bond donors (Lipinski definition) is 0. The lowest BCUT2D eigenvalue weighted by molar-refractivity contribution is 0.482. The zero-order chi connectivity index (χ0) is 9.07. The molecule has 0 aromatic carbocycles. The molecule has 0 N–H and O–H groups in total. The minimum atomic E-state index is -0.0563. The Bertz CT molecular complexity index is 190. The van der Waals surface area contributed by atoms with E-state index in [1.165, 1.54) is 0 Å². The van der Waals surface area contributed by atoms with Crippen molar-refractivity contribution in [1.82, 2.24) is 4.90 Å². The van der Waals surface area contributed by atoms with Crippen molar-refractivity contribution in [3.63, 3.8) is 0 Å². The molecular formula is C8H15N3. The van der Waals surface area contributed by atoms with Crippen LogP contribution in [0.2, 0.25) is 0 Å². The average Bonchev–Trinajstić information content (AvgIpc) is 1.79. The second kappa shape index (κ2) is 3.38. The molecule has 0 aliphatic heterocycles. The van der Waals surface area contributed by atoms with E-state index in [0.717, 1.165) is 5.84 Å². The normalized spacial score (nSPS) is 12.5. The van der Waals surface area contributed by atoms with Crippen LogP contribution in [0, 0.1) is 16.9 Å². The SMILES string of the molecule is CN(C)/C(=N\C#N)C(C)(C)C. The molecule has 0 radical (unpaired) electrons. The van der Waals surface area contributed by atoms with Gasteiger partial charge in [-0.05, 0) is 0 Å². The van der Waals surface area contributed by atoms with E-state index in [4.69, 9.17) is 5.26 Å². The van der Waals surface area contributed by atoms with E-state index >= 15 is 0 Å². The predicted octanol–water partition coefficient (Wildman–Crippen LogP) is 1.47. The number of aliphatic imine (C=N–C) groups is 1. The summed E-state index contributed by atoms with van der Waals surface area (Å²) in [5, 5.41) is 8.38. The van der Waals surface area contributed by atoms with Crippen molar-refractivity contribution in [1.29, 1.82) is 5.26 Å². The van der Waals surface area contributed by atoms with E-state index in [0.29, 0.717) is 0 Å². The smallest absolute Gasteiger partial charge is 0.207 e. The molecule has 0 amide bonds. The molecule has 11 heavy (non-hydrogen) atoms. The summed E-state index contributed by atoms with van der Waals surface area (Å²) in [6, 6.07) is 0. The van der Waals surface area contributed by atoms with E-state index in [1.807, 2.05) is 39.8 Å². The van der Waals surface area contributed by atoms with Gasteiger partial charge < -0.3 is 4.90 Å². The van der Waals surface area contributed by atoms with Gasteiger partial charge >= 0.3 is 0 Å². The lowest BCUT2D eigenvalue weighted by Crippen LogP contribution is -2.33. The molecule has 0 aliphatic carbocycles. The van der Waals surface area contributed by atoms with Crippen molar-refractivity contribution in [3.8, 4) is 6.19 Å². The molecule has 3 nitrogen and oxygen atoms in total. The largest absolute Gasteiger partial charge is 0.365 e. The van der Waals surface area contributed by atoms with Crippen LogP contribution < -0.4 is 0 Å². The molecule has 0 spiro atoms. The summed E-state index contributed by atoms with van der Waals surface area (Å²) in [6.45, 7) is 6.09. The molecular weight excluding hydrogens is 138 g/mol. The number of nitrogens with zero attached hydrogens (tertiary/aromatic N) is 3. The molecule has 0 aromatic heterocycles. The highest BCUT2D eigenvalue weighted by atomic mass is 15.1. The predicted molar refractivity (Wildman–Crippen MR) is 46.2 cm³/mol. The average molecular weight is 153 g/mol. The Morgan fingerprint density at radius 2 is 1.82 bits per heavy atom. The maximum Gasteiger partial charge on any atom is 0.207 e. The molecule has 0 unspecified atom stereocenters. The highest BCUT2D eigenvalue weighted by molar-refractivity contribution is 5.87. The van der Waals surface area contributed by atoms with E-state index in [-0.39, 0.29) is 5.41 Å². The van der Waals surface area contributed by atoms with E-state index in [2.05, 4.69) is 4.99 Å². The quantitative estimate of drug-likeness (QED) is 0.300. The first-order valence-electron chi connectivity index (χ1n) is 3.54. The zero-order valence-electron chi connectivity index (χ0n) is 7.84. The number of hydrogen-bond acceptors (Lipinski definition) is 2. The molecule has 0 saturated heterocycles. The van der Waals surface area contributed by atoms with Gasteiger partial charge in [0.1, 0.15) is 5.84 Å². The molecule has 0 rings (SSSR count). The number of nitriles is 1. The van der Waals surface area contributed by atoms with Gasteiger partial charge in [0.05, 0.1) is 0 Å². The summed E-state index contributed by atoms with van der Waals surface area (Å²) in [5.41, 5.74) is -0.0563. The van der Waals surface area contributed by atoms with Crippen molar-refractivity contribution in [2.75, 3.05) is 14.1 Å². The fourth-order valence-corrected chi connectivity index (χ4v) is 0.986. The molecule has 3 heteroatoms.